The van der Waals surface area contributed by atoms with Crippen LogP contribution in [0.1, 0.15) is 0 Å². The lowest BCUT2D eigenvalue weighted by atomic mass is 10.2. The quantitative estimate of drug-likeness (QED) is 0.451. The van der Waals surface area contributed by atoms with Crippen LogP contribution in [0.15, 0.2) is 64.5 Å². The lowest BCUT2D eigenvalue weighted by Gasteiger charge is -2.34. The van der Waals surface area contributed by atoms with Crippen LogP contribution in [-0.2, 0) is 11.8 Å². The number of nitrogens with zero attached hydrogens (tertiary/aromatic N) is 6. The average Bonchev–Trinajstić information content (AvgIpc) is 3.31. The number of piperazine rings is 1. The van der Waals surface area contributed by atoms with Crippen LogP contribution in [0.2, 0.25) is 0 Å². The van der Waals surface area contributed by atoms with Crippen LogP contribution < -0.4 is 10.9 Å². The van der Waals surface area contributed by atoms with Crippen LogP contribution in [0.3, 0.4) is 0 Å². The highest BCUT2D eigenvalue weighted by Gasteiger charge is 2.25. The van der Waals surface area contributed by atoms with Gasteiger partial charge in [0, 0.05) is 38.9 Å². The monoisotopic (exact) mass is 477 g/mol. The average molecular weight is 478 g/mol. The van der Waals surface area contributed by atoms with Gasteiger partial charge >= 0.3 is 6.03 Å². The number of para-hydroxylation sites is 2. The zero-order chi connectivity index (χ0) is 23.7. The van der Waals surface area contributed by atoms with Crippen molar-refractivity contribution in [3.63, 3.8) is 0 Å². The van der Waals surface area contributed by atoms with Crippen molar-refractivity contribution < 1.29 is 9.59 Å². The number of hydrogen-bond donors (Lipinski definition) is 1. The molecule has 2 aromatic carbocycles. The summed E-state index contributed by atoms with van der Waals surface area (Å²) in [6.45, 7) is 1.88. The van der Waals surface area contributed by atoms with Gasteiger partial charge in [-0.05, 0) is 24.3 Å². The third kappa shape index (κ3) is 4.10. The molecule has 1 saturated heterocycles. The van der Waals surface area contributed by atoms with E-state index in [0.29, 0.717) is 48.0 Å². The summed E-state index contributed by atoms with van der Waals surface area (Å²) in [5, 5.41) is 12.4. The third-order valence-electron chi connectivity index (χ3n) is 5.87. The van der Waals surface area contributed by atoms with Crippen molar-refractivity contribution in [1.82, 2.24) is 29.0 Å². The Labute approximate surface area is 199 Å². The topological polar surface area (TPSA) is 105 Å². The second-order valence-electron chi connectivity index (χ2n) is 7.95. The summed E-state index contributed by atoms with van der Waals surface area (Å²) < 4.78 is 3.27. The summed E-state index contributed by atoms with van der Waals surface area (Å²) in [5.41, 5.74) is 1.31. The second-order valence-corrected chi connectivity index (χ2v) is 8.89. The standard InChI is InChI=1S/C23H23N7O3S/c1-27-20(32)17-9-5-6-10-18(17)30-21(27)25-26-23(30)34-15-19(31)28-11-13-29(14-12-28)22(33)24-16-7-3-2-4-8-16/h2-10H,11-15H2,1H3,(H,24,33). The molecule has 3 heterocycles. The molecule has 10 nitrogen and oxygen atoms in total. The summed E-state index contributed by atoms with van der Waals surface area (Å²) in [6.07, 6.45) is 0. The van der Waals surface area contributed by atoms with E-state index in [1.807, 2.05) is 48.5 Å². The van der Waals surface area contributed by atoms with E-state index in [-0.39, 0.29) is 23.3 Å². The first-order valence-electron chi connectivity index (χ1n) is 10.9. The fourth-order valence-electron chi connectivity index (χ4n) is 4.01. The molecule has 0 unspecified atom stereocenters. The number of rotatable bonds is 4. The number of carbonyl (C=O) groups excluding carboxylic acids is 2. The van der Waals surface area contributed by atoms with E-state index in [0.717, 1.165) is 5.69 Å². The Hall–Kier alpha value is -3.86. The van der Waals surface area contributed by atoms with Crippen LogP contribution in [0.5, 0.6) is 0 Å². The number of anilines is 1. The molecule has 1 aliphatic heterocycles. The van der Waals surface area contributed by atoms with Gasteiger partial charge in [0.05, 0.1) is 16.7 Å². The van der Waals surface area contributed by atoms with Crippen molar-refractivity contribution >= 4 is 46.1 Å². The number of nitrogens with one attached hydrogen (secondary N) is 1. The maximum absolute atomic E-state index is 12.9. The molecule has 1 aliphatic rings. The largest absolute Gasteiger partial charge is 0.338 e. The maximum atomic E-state index is 12.9. The summed E-state index contributed by atoms with van der Waals surface area (Å²) >= 11 is 1.29. The van der Waals surface area contributed by atoms with E-state index >= 15 is 0 Å². The molecule has 11 heteroatoms. The molecule has 0 radical (unpaired) electrons. The minimum atomic E-state index is -0.167. The van der Waals surface area contributed by atoms with E-state index in [9.17, 15) is 14.4 Å². The van der Waals surface area contributed by atoms with Crippen LogP contribution >= 0.6 is 11.8 Å². The third-order valence-corrected chi connectivity index (χ3v) is 6.78. The fraction of sp³-hybridized carbons (Fsp3) is 0.261. The highest BCUT2D eigenvalue weighted by Crippen LogP contribution is 2.22. The Morgan fingerprint density at radius 3 is 2.38 bits per heavy atom. The molecular formula is C23H23N7O3S. The number of fused-ring (bicyclic) bond motifs is 3. The Balaban J connectivity index is 1.23. The molecule has 3 amide bonds. The maximum Gasteiger partial charge on any atom is 0.321 e. The summed E-state index contributed by atoms with van der Waals surface area (Å²) in [4.78, 5) is 41.4. The highest BCUT2D eigenvalue weighted by atomic mass is 32.2. The van der Waals surface area contributed by atoms with Crippen molar-refractivity contribution in [2.75, 3.05) is 37.2 Å². The Morgan fingerprint density at radius 2 is 1.62 bits per heavy atom. The molecule has 0 atom stereocenters. The molecule has 34 heavy (non-hydrogen) atoms. The van der Waals surface area contributed by atoms with Crippen molar-refractivity contribution in [2.45, 2.75) is 5.16 Å². The number of hydrogen-bond acceptors (Lipinski definition) is 6. The van der Waals surface area contributed by atoms with E-state index in [1.54, 1.807) is 27.3 Å². The number of thioether (sulfide) groups is 1. The van der Waals surface area contributed by atoms with Gasteiger partial charge in [0.15, 0.2) is 5.16 Å². The first-order valence-corrected chi connectivity index (χ1v) is 11.9. The van der Waals surface area contributed by atoms with Crippen LogP contribution in [0, 0.1) is 0 Å². The minimum absolute atomic E-state index is 0.0287. The van der Waals surface area contributed by atoms with E-state index in [2.05, 4.69) is 15.5 Å². The molecule has 5 rings (SSSR count). The molecule has 4 aromatic rings. The van der Waals surface area contributed by atoms with Gasteiger partial charge in [-0.3, -0.25) is 18.6 Å². The number of urea groups is 1. The first kappa shape index (κ1) is 22.0. The van der Waals surface area contributed by atoms with E-state index in [4.69, 9.17) is 0 Å². The van der Waals surface area contributed by atoms with Crippen LogP contribution in [0.25, 0.3) is 16.7 Å². The number of carbonyl (C=O) groups is 2. The predicted molar refractivity (Wildman–Crippen MR) is 130 cm³/mol. The second kappa shape index (κ2) is 9.18. The van der Waals surface area contributed by atoms with Gasteiger partial charge < -0.3 is 15.1 Å². The van der Waals surface area contributed by atoms with Gasteiger partial charge in [-0.15, -0.1) is 10.2 Å². The lowest BCUT2D eigenvalue weighted by Crippen LogP contribution is -2.52. The molecule has 0 saturated carbocycles. The first-order chi connectivity index (χ1) is 16.5. The highest BCUT2D eigenvalue weighted by molar-refractivity contribution is 7.99. The minimum Gasteiger partial charge on any atom is -0.338 e. The Morgan fingerprint density at radius 1 is 0.941 bits per heavy atom. The zero-order valence-corrected chi connectivity index (χ0v) is 19.4. The van der Waals surface area contributed by atoms with Gasteiger partial charge in [0.25, 0.3) is 5.56 Å². The van der Waals surface area contributed by atoms with Crippen molar-refractivity contribution in [3.05, 3.63) is 65.0 Å². The van der Waals surface area contributed by atoms with Crippen LogP contribution in [0.4, 0.5) is 10.5 Å². The Kier molecular flexibility index (Phi) is 5.93. The van der Waals surface area contributed by atoms with Gasteiger partial charge in [-0.1, -0.05) is 42.1 Å². The smallest absolute Gasteiger partial charge is 0.321 e. The SMILES string of the molecule is Cn1c(=O)c2ccccc2n2c(SCC(=O)N3CCN(C(=O)Nc4ccccc4)CC3)nnc12. The summed E-state index contributed by atoms with van der Waals surface area (Å²) in [6, 6.07) is 16.4. The van der Waals surface area contributed by atoms with E-state index < -0.39 is 0 Å². The lowest BCUT2D eigenvalue weighted by molar-refractivity contribution is -0.129. The molecule has 0 bridgehead atoms. The fourth-order valence-corrected chi connectivity index (χ4v) is 4.85. The van der Waals surface area contributed by atoms with Gasteiger partial charge in [-0.2, -0.15) is 0 Å². The van der Waals surface area contributed by atoms with Crippen molar-refractivity contribution in [3.8, 4) is 0 Å². The number of aromatic nitrogens is 4. The number of benzene rings is 2. The molecule has 2 aromatic heterocycles. The van der Waals surface area contributed by atoms with Gasteiger partial charge in [-0.25, -0.2) is 4.79 Å². The van der Waals surface area contributed by atoms with Gasteiger partial charge in [0.1, 0.15) is 0 Å². The zero-order valence-electron chi connectivity index (χ0n) is 18.5. The molecule has 1 N–H and O–H groups in total. The Bertz CT molecular complexity index is 1430. The number of amides is 3. The summed E-state index contributed by atoms with van der Waals surface area (Å²) in [7, 11) is 1.66. The van der Waals surface area contributed by atoms with Gasteiger partial charge in [0.2, 0.25) is 11.7 Å². The normalized spacial score (nSPS) is 14.0. The van der Waals surface area contributed by atoms with Crippen molar-refractivity contribution in [2.24, 2.45) is 7.05 Å². The molecule has 0 aliphatic carbocycles. The molecule has 1 fully saturated rings. The number of aryl methyl sites for hydroxylation is 1. The van der Waals surface area contributed by atoms with E-state index in [1.165, 1.54) is 16.3 Å². The van der Waals surface area contributed by atoms with Crippen molar-refractivity contribution in [1.29, 1.82) is 0 Å². The molecule has 0 spiro atoms. The molecule has 174 valence electrons. The summed E-state index contributed by atoms with van der Waals surface area (Å²) in [5.74, 6) is 0.587. The van der Waals surface area contributed by atoms with Crippen LogP contribution in [-0.4, -0.2) is 72.8 Å². The predicted octanol–water partition coefficient (Wildman–Crippen LogP) is 2.05. The molecular weight excluding hydrogens is 454 g/mol.